The first-order valence-electron chi connectivity index (χ1n) is 9.42. The summed E-state index contributed by atoms with van der Waals surface area (Å²) < 4.78 is 0. The van der Waals surface area contributed by atoms with E-state index >= 15 is 0 Å². The number of fused-ring (bicyclic) bond motifs is 2. The Morgan fingerprint density at radius 2 is 1.43 bits per heavy atom. The minimum absolute atomic E-state index is 0.180. The number of aromatic nitrogens is 1. The van der Waals surface area contributed by atoms with Crippen molar-refractivity contribution < 1.29 is 9.90 Å². The van der Waals surface area contributed by atoms with Crippen molar-refractivity contribution in [3.63, 3.8) is 0 Å². The third kappa shape index (κ3) is 2.58. The third-order valence-electron chi connectivity index (χ3n) is 5.24. The average Bonchev–Trinajstić information content (AvgIpc) is 3.50. The molecule has 4 heterocycles. The summed E-state index contributed by atoms with van der Waals surface area (Å²) in [4.78, 5) is 23.8. The highest BCUT2D eigenvalue weighted by Crippen LogP contribution is 2.44. The standard InChI is InChI=1S/C24H14N2O2S2/c27-23-21(13-5-1-3-7-15(13)25-23)19-11-9-17(29-19)18-10-12-20(30-18)22-14-6-2-4-8-16(14)26-24(22)28/h1-12,25,27H. The molecular formula is C24H14N2O2S2. The molecule has 0 bridgehead atoms. The molecule has 2 N–H and O–H groups in total. The van der Waals surface area contributed by atoms with Crippen LogP contribution < -0.4 is 10.6 Å². The molecule has 0 aliphatic carbocycles. The van der Waals surface area contributed by atoms with E-state index < -0.39 is 0 Å². The number of hydrogen-bond acceptors (Lipinski definition) is 4. The van der Waals surface area contributed by atoms with E-state index in [1.165, 1.54) is 0 Å². The summed E-state index contributed by atoms with van der Waals surface area (Å²) >= 11 is 3.22. The lowest BCUT2D eigenvalue weighted by molar-refractivity contribution is -0.112. The first-order chi connectivity index (χ1) is 14.7. The molecule has 0 unspecified atom stereocenters. The zero-order valence-electron chi connectivity index (χ0n) is 15.5. The molecule has 1 aliphatic rings. The Hall–Kier alpha value is -3.48. The van der Waals surface area contributed by atoms with Crippen LogP contribution in [0.3, 0.4) is 0 Å². The molecule has 0 radical (unpaired) electrons. The summed E-state index contributed by atoms with van der Waals surface area (Å²) in [6.07, 6.45) is 0. The van der Waals surface area contributed by atoms with Crippen molar-refractivity contribution in [2.75, 3.05) is 0 Å². The summed E-state index contributed by atoms with van der Waals surface area (Å²) in [5.74, 6) is 0.00183. The maximum absolute atomic E-state index is 12.5. The molecule has 6 rings (SSSR count). The number of rotatable bonds is 3. The minimum Gasteiger partial charge on any atom is -0.494 e. The molecule has 0 spiro atoms. The molecule has 0 atom stereocenters. The third-order valence-corrected chi connectivity index (χ3v) is 7.64. The molecule has 1 amide bonds. The number of amides is 1. The highest BCUT2D eigenvalue weighted by atomic mass is 32.1. The average molecular weight is 427 g/mol. The molecule has 30 heavy (non-hydrogen) atoms. The molecule has 1 aliphatic heterocycles. The number of hydrogen-bond donors (Lipinski definition) is 2. The number of H-pyrrole nitrogens is 1. The molecule has 144 valence electrons. The van der Waals surface area contributed by atoms with E-state index in [0.717, 1.165) is 46.6 Å². The Balaban J connectivity index is 1.43. The van der Waals surface area contributed by atoms with Crippen LogP contribution in [0.4, 0.5) is 0 Å². The topological polar surface area (TPSA) is 65.4 Å². The van der Waals surface area contributed by atoms with Crippen LogP contribution in [0.15, 0.2) is 77.8 Å². The maximum Gasteiger partial charge on any atom is 0.279 e. The van der Waals surface area contributed by atoms with E-state index in [1.54, 1.807) is 22.7 Å². The lowest BCUT2D eigenvalue weighted by atomic mass is 10.1. The van der Waals surface area contributed by atoms with Crippen LogP contribution in [0.25, 0.3) is 36.7 Å². The lowest BCUT2D eigenvalue weighted by Crippen LogP contribution is -2.22. The highest BCUT2D eigenvalue weighted by Gasteiger charge is 2.21. The monoisotopic (exact) mass is 426 g/mol. The Kier molecular flexibility index (Phi) is 3.78. The molecule has 5 aromatic rings. The second kappa shape index (κ2) is 6.52. The SMILES string of the molecule is O=C1N=c2ccccc2=C1c1ccc(-c2ccc(-c3c(O)[nH]c4ccccc34)s2)s1. The molecule has 6 heteroatoms. The van der Waals surface area contributed by atoms with E-state index in [-0.39, 0.29) is 11.8 Å². The van der Waals surface area contributed by atoms with Gasteiger partial charge in [0, 0.05) is 35.6 Å². The van der Waals surface area contributed by atoms with Crippen molar-refractivity contribution in [1.82, 2.24) is 4.98 Å². The quantitative estimate of drug-likeness (QED) is 0.440. The zero-order valence-corrected chi connectivity index (χ0v) is 17.2. The predicted octanol–water partition coefficient (Wildman–Crippen LogP) is 4.69. The van der Waals surface area contributed by atoms with Gasteiger partial charge in [-0.1, -0.05) is 36.4 Å². The maximum atomic E-state index is 12.5. The van der Waals surface area contributed by atoms with Gasteiger partial charge >= 0.3 is 0 Å². The molecule has 0 fully saturated rings. The van der Waals surface area contributed by atoms with Crippen molar-refractivity contribution >= 4 is 45.1 Å². The van der Waals surface area contributed by atoms with Gasteiger partial charge in [-0.3, -0.25) is 4.79 Å². The van der Waals surface area contributed by atoms with Crippen LogP contribution in [-0.2, 0) is 4.79 Å². The summed E-state index contributed by atoms with van der Waals surface area (Å²) in [5, 5.41) is 13.1. The number of aromatic amines is 1. The fourth-order valence-electron chi connectivity index (χ4n) is 3.89. The Bertz CT molecular complexity index is 1590. The van der Waals surface area contributed by atoms with Gasteiger partial charge in [0.15, 0.2) is 5.88 Å². The van der Waals surface area contributed by atoms with Gasteiger partial charge in [-0.15, -0.1) is 22.7 Å². The van der Waals surface area contributed by atoms with Gasteiger partial charge in [0.2, 0.25) is 0 Å². The number of nitrogens with one attached hydrogen (secondary N) is 1. The van der Waals surface area contributed by atoms with Crippen molar-refractivity contribution in [2.24, 2.45) is 4.99 Å². The first-order valence-corrected chi connectivity index (χ1v) is 11.1. The Morgan fingerprint density at radius 1 is 0.767 bits per heavy atom. The van der Waals surface area contributed by atoms with E-state index in [9.17, 15) is 9.90 Å². The smallest absolute Gasteiger partial charge is 0.279 e. The fraction of sp³-hybridized carbons (Fsp3) is 0. The number of benzene rings is 2. The van der Waals surface area contributed by atoms with Gasteiger partial charge in [-0.2, -0.15) is 0 Å². The predicted molar refractivity (Wildman–Crippen MR) is 121 cm³/mol. The molecule has 4 nitrogen and oxygen atoms in total. The van der Waals surface area contributed by atoms with Gasteiger partial charge in [-0.05, 0) is 36.4 Å². The van der Waals surface area contributed by atoms with E-state index in [2.05, 4.69) is 16.0 Å². The van der Waals surface area contributed by atoms with Crippen LogP contribution >= 0.6 is 22.7 Å². The van der Waals surface area contributed by atoms with Crippen molar-refractivity contribution in [1.29, 1.82) is 0 Å². The highest BCUT2D eigenvalue weighted by molar-refractivity contribution is 7.24. The van der Waals surface area contributed by atoms with Gasteiger partial charge in [-0.25, -0.2) is 4.99 Å². The minimum atomic E-state index is -0.180. The number of para-hydroxylation sites is 2. The Morgan fingerprint density at radius 3 is 2.30 bits per heavy atom. The molecule has 3 aromatic heterocycles. The number of nitrogens with zero attached hydrogens (tertiary/aromatic N) is 1. The number of carbonyl (C=O) groups excluding carboxylic acids is 1. The van der Waals surface area contributed by atoms with E-state index in [4.69, 9.17) is 0 Å². The Labute approximate surface area is 179 Å². The summed E-state index contributed by atoms with van der Waals surface area (Å²) in [6.45, 7) is 0. The molecule has 0 saturated heterocycles. The molecule has 0 saturated carbocycles. The molecular weight excluding hydrogens is 412 g/mol. The van der Waals surface area contributed by atoms with Crippen LogP contribution in [0.5, 0.6) is 5.88 Å². The van der Waals surface area contributed by atoms with Gasteiger partial charge in [0.05, 0.1) is 16.5 Å². The van der Waals surface area contributed by atoms with E-state index in [0.29, 0.717) is 5.57 Å². The van der Waals surface area contributed by atoms with Crippen molar-refractivity contribution in [3.05, 3.63) is 88.2 Å². The summed E-state index contributed by atoms with van der Waals surface area (Å²) in [7, 11) is 0. The van der Waals surface area contributed by atoms with E-state index in [1.807, 2.05) is 66.7 Å². The largest absolute Gasteiger partial charge is 0.494 e. The van der Waals surface area contributed by atoms with Crippen molar-refractivity contribution in [2.45, 2.75) is 0 Å². The second-order valence-corrected chi connectivity index (χ2v) is 9.20. The van der Waals surface area contributed by atoms with Crippen LogP contribution in [0.1, 0.15) is 4.88 Å². The van der Waals surface area contributed by atoms with Gasteiger partial charge in [0.25, 0.3) is 5.91 Å². The number of aromatic hydroxyl groups is 1. The van der Waals surface area contributed by atoms with Gasteiger partial charge < -0.3 is 10.1 Å². The van der Waals surface area contributed by atoms with Crippen LogP contribution in [0.2, 0.25) is 0 Å². The number of carbonyl (C=O) groups is 1. The van der Waals surface area contributed by atoms with Crippen molar-refractivity contribution in [3.8, 4) is 26.1 Å². The first kappa shape index (κ1) is 17.4. The summed E-state index contributed by atoms with van der Waals surface area (Å²) in [5.41, 5.74) is 2.41. The zero-order chi connectivity index (χ0) is 20.2. The molecule has 2 aromatic carbocycles. The fourth-order valence-corrected chi connectivity index (χ4v) is 6.10. The lowest BCUT2D eigenvalue weighted by Gasteiger charge is -1.96. The summed E-state index contributed by atoms with van der Waals surface area (Å²) in [6, 6.07) is 23.7. The van der Waals surface area contributed by atoms with Crippen LogP contribution in [-0.4, -0.2) is 16.0 Å². The number of thiophene rings is 2. The van der Waals surface area contributed by atoms with Gasteiger partial charge in [0.1, 0.15) is 0 Å². The normalized spacial score (nSPS) is 13.1. The second-order valence-electron chi connectivity index (χ2n) is 7.03. The van der Waals surface area contributed by atoms with Crippen LogP contribution in [0, 0.1) is 0 Å².